The molecule has 0 radical (unpaired) electrons. The molecule has 1 N–H and O–H groups in total. The Labute approximate surface area is 122 Å². The first-order chi connectivity index (χ1) is 9.87. The summed E-state index contributed by atoms with van der Waals surface area (Å²) in [7, 11) is 0. The van der Waals surface area contributed by atoms with Crippen LogP contribution in [0.15, 0.2) is 30.3 Å². The SMILES string of the molecule is CCNC(C1CCOCC1)C1(c2ccccc2)CCC1. The van der Waals surface area contributed by atoms with Crippen LogP contribution in [0.5, 0.6) is 0 Å². The van der Waals surface area contributed by atoms with Crippen LogP contribution in [0, 0.1) is 5.92 Å². The van der Waals surface area contributed by atoms with Gasteiger partial charge in [-0.05, 0) is 43.7 Å². The maximum Gasteiger partial charge on any atom is 0.0469 e. The van der Waals surface area contributed by atoms with Crippen LogP contribution in [-0.4, -0.2) is 25.8 Å². The molecule has 1 unspecified atom stereocenters. The van der Waals surface area contributed by atoms with Gasteiger partial charge in [-0.3, -0.25) is 0 Å². The van der Waals surface area contributed by atoms with Gasteiger partial charge in [0.2, 0.25) is 0 Å². The molecule has 1 aromatic rings. The number of hydrogen-bond acceptors (Lipinski definition) is 2. The van der Waals surface area contributed by atoms with Gasteiger partial charge in [-0.25, -0.2) is 0 Å². The van der Waals surface area contributed by atoms with Crippen molar-refractivity contribution in [3.63, 3.8) is 0 Å². The fraction of sp³-hybridized carbons (Fsp3) is 0.667. The topological polar surface area (TPSA) is 21.3 Å². The summed E-state index contributed by atoms with van der Waals surface area (Å²) in [6.07, 6.45) is 6.48. The first-order valence-corrected chi connectivity index (χ1v) is 8.23. The Morgan fingerprint density at radius 2 is 1.90 bits per heavy atom. The highest BCUT2D eigenvalue weighted by Gasteiger charge is 2.47. The maximum atomic E-state index is 5.57. The van der Waals surface area contributed by atoms with E-state index >= 15 is 0 Å². The third kappa shape index (κ3) is 2.51. The lowest BCUT2D eigenvalue weighted by Gasteiger charge is -2.52. The van der Waals surface area contributed by atoms with E-state index in [4.69, 9.17) is 4.74 Å². The molecule has 1 aliphatic heterocycles. The van der Waals surface area contributed by atoms with Crippen LogP contribution in [0.1, 0.15) is 44.6 Å². The molecule has 0 bridgehead atoms. The normalized spacial score (nSPS) is 24.1. The third-order valence-electron chi connectivity index (χ3n) is 5.35. The van der Waals surface area contributed by atoms with E-state index in [1.807, 2.05) is 0 Å². The lowest BCUT2D eigenvalue weighted by molar-refractivity contribution is 0.0248. The Balaban J connectivity index is 1.87. The minimum atomic E-state index is 0.374. The van der Waals surface area contributed by atoms with Crippen LogP contribution in [0.4, 0.5) is 0 Å². The van der Waals surface area contributed by atoms with Gasteiger partial charge in [0, 0.05) is 24.7 Å². The van der Waals surface area contributed by atoms with Crippen molar-refractivity contribution in [3.05, 3.63) is 35.9 Å². The predicted molar refractivity (Wildman–Crippen MR) is 83.0 cm³/mol. The van der Waals surface area contributed by atoms with Crippen LogP contribution in [0.2, 0.25) is 0 Å². The third-order valence-corrected chi connectivity index (χ3v) is 5.35. The Morgan fingerprint density at radius 1 is 1.20 bits per heavy atom. The molecule has 2 heteroatoms. The lowest BCUT2D eigenvalue weighted by atomic mass is 9.57. The van der Waals surface area contributed by atoms with E-state index in [9.17, 15) is 0 Å². The van der Waals surface area contributed by atoms with Crippen LogP contribution in [0.25, 0.3) is 0 Å². The lowest BCUT2D eigenvalue weighted by Crippen LogP contribution is -2.57. The number of ether oxygens (including phenoxy) is 1. The average Bonchev–Trinajstić information content (AvgIpc) is 2.47. The molecule has 1 atom stereocenters. The quantitative estimate of drug-likeness (QED) is 0.886. The molecule has 2 aliphatic rings. The molecule has 1 aromatic carbocycles. The zero-order chi connectivity index (χ0) is 13.8. The van der Waals surface area contributed by atoms with E-state index in [0.717, 1.165) is 25.7 Å². The Hall–Kier alpha value is -0.860. The van der Waals surface area contributed by atoms with Gasteiger partial charge in [-0.15, -0.1) is 0 Å². The second-order valence-electron chi connectivity index (χ2n) is 6.36. The highest BCUT2D eigenvalue weighted by molar-refractivity contribution is 5.31. The Bertz CT molecular complexity index is 407. The van der Waals surface area contributed by atoms with Gasteiger partial charge in [-0.2, -0.15) is 0 Å². The fourth-order valence-corrected chi connectivity index (χ4v) is 4.19. The molecule has 0 spiro atoms. The molecule has 2 nitrogen and oxygen atoms in total. The van der Waals surface area contributed by atoms with Gasteiger partial charge in [0.05, 0.1) is 0 Å². The predicted octanol–water partition coefficient (Wildman–Crippen LogP) is 3.51. The molecule has 20 heavy (non-hydrogen) atoms. The Kier molecular flexibility index (Phi) is 4.42. The number of rotatable bonds is 5. The molecule has 0 amide bonds. The summed E-state index contributed by atoms with van der Waals surface area (Å²) in [5.74, 6) is 0.768. The van der Waals surface area contributed by atoms with E-state index in [2.05, 4.69) is 42.6 Å². The van der Waals surface area contributed by atoms with Crippen molar-refractivity contribution >= 4 is 0 Å². The summed E-state index contributed by atoms with van der Waals surface area (Å²) in [6, 6.07) is 11.8. The highest BCUT2D eigenvalue weighted by atomic mass is 16.5. The molecule has 1 heterocycles. The van der Waals surface area contributed by atoms with E-state index in [1.165, 1.54) is 32.1 Å². The molecule has 1 aliphatic carbocycles. The molecule has 1 saturated carbocycles. The standard InChI is InChI=1S/C18H27NO/c1-2-19-17(15-9-13-20-14-10-15)18(11-6-12-18)16-7-4-3-5-8-16/h3-5,7-8,15,17,19H,2,6,9-14H2,1H3. The summed E-state index contributed by atoms with van der Waals surface area (Å²) >= 11 is 0. The first-order valence-electron chi connectivity index (χ1n) is 8.23. The van der Waals surface area contributed by atoms with E-state index in [0.29, 0.717) is 11.5 Å². The van der Waals surface area contributed by atoms with Crippen molar-refractivity contribution in [1.82, 2.24) is 5.32 Å². The van der Waals surface area contributed by atoms with Crippen molar-refractivity contribution in [2.24, 2.45) is 5.92 Å². The van der Waals surface area contributed by atoms with E-state index in [-0.39, 0.29) is 0 Å². The van der Waals surface area contributed by atoms with E-state index < -0.39 is 0 Å². The van der Waals surface area contributed by atoms with E-state index in [1.54, 1.807) is 5.56 Å². The smallest absolute Gasteiger partial charge is 0.0469 e. The number of nitrogens with one attached hydrogen (secondary N) is 1. The van der Waals surface area contributed by atoms with Gasteiger partial charge in [-0.1, -0.05) is 43.7 Å². The second kappa shape index (κ2) is 6.28. The number of likely N-dealkylation sites (N-methyl/N-ethyl adjacent to an activating group) is 1. The van der Waals surface area contributed by atoms with Crippen molar-refractivity contribution in [2.45, 2.75) is 50.5 Å². The minimum Gasteiger partial charge on any atom is -0.381 e. The van der Waals surface area contributed by atoms with Gasteiger partial charge < -0.3 is 10.1 Å². The monoisotopic (exact) mass is 273 g/mol. The molecular formula is C18H27NO. The van der Waals surface area contributed by atoms with Crippen LogP contribution in [-0.2, 0) is 10.2 Å². The molecule has 2 fully saturated rings. The molecule has 0 aromatic heterocycles. The number of benzene rings is 1. The van der Waals surface area contributed by atoms with Crippen molar-refractivity contribution in [3.8, 4) is 0 Å². The Morgan fingerprint density at radius 3 is 2.45 bits per heavy atom. The highest BCUT2D eigenvalue weighted by Crippen LogP contribution is 2.49. The van der Waals surface area contributed by atoms with Crippen molar-refractivity contribution < 1.29 is 4.74 Å². The largest absolute Gasteiger partial charge is 0.381 e. The zero-order valence-electron chi connectivity index (χ0n) is 12.6. The van der Waals surface area contributed by atoms with Crippen LogP contribution < -0.4 is 5.32 Å². The van der Waals surface area contributed by atoms with Gasteiger partial charge in [0.1, 0.15) is 0 Å². The van der Waals surface area contributed by atoms with Crippen LogP contribution in [0.3, 0.4) is 0 Å². The zero-order valence-corrected chi connectivity index (χ0v) is 12.6. The summed E-state index contributed by atoms with van der Waals surface area (Å²) < 4.78 is 5.57. The van der Waals surface area contributed by atoms with Gasteiger partial charge in [0.25, 0.3) is 0 Å². The van der Waals surface area contributed by atoms with Crippen molar-refractivity contribution in [1.29, 1.82) is 0 Å². The summed E-state index contributed by atoms with van der Waals surface area (Å²) in [6.45, 7) is 5.19. The molecule has 1 saturated heterocycles. The molecule has 110 valence electrons. The fourth-order valence-electron chi connectivity index (χ4n) is 4.19. The first kappa shape index (κ1) is 14.1. The minimum absolute atomic E-state index is 0.374. The molecule has 3 rings (SSSR count). The number of hydrogen-bond donors (Lipinski definition) is 1. The van der Waals surface area contributed by atoms with Gasteiger partial charge in [0.15, 0.2) is 0 Å². The summed E-state index contributed by atoms with van der Waals surface area (Å²) in [4.78, 5) is 0. The van der Waals surface area contributed by atoms with Crippen LogP contribution >= 0.6 is 0 Å². The summed E-state index contributed by atoms with van der Waals surface area (Å²) in [5.41, 5.74) is 1.92. The van der Waals surface area contributed by atoms with Crippen molar-refractivity contribution in [2.75, 3.05) is 19.8 Å². The maximum absolute atomic E-state index is 5.57. The second-order valence-corrected chi connectivity index (χ2v) is 6.36. The van der Waals surface area contributed by atoms with Gasteiger partial charge >= 0.3 is 0 Å². The molecular weight excluding hydrogens is 246 g/mol. The summed E-state index contributed by atoms with van der Waals surface area (Å²) in [5, 5.41) is 3.84. The average molecular weight is 273 g/mol.